The van der Waals surface area contributed by atoms with Crippen LogP contribution in [0.1, 0.15) is 43.1 Å². The van der Waals surface area contributed by atoms with Crippen molar-refractivity contribution in [2.45, 2.75) is 32.8 Å². The van der Waals surface area contributed by atoms with Crippen LogP contribution >= 0.6 is 15.9 Å². The van der Waals surface area contributed by atoms with Crippen molar-refractivity contribution >= 4 is 43.8 Å². The van der Waals surface area contributed by atoms with Crippen LogP contribution in [0.15, 0.2) is 99.3 Å². The maximum absolute atomic E-state index is 13.3. The Bertz CT molecular complexity index is 1640. The number of fused-ring (bicyclic) bond motifs is 2. The third-order valence-corrected chi connectivity index (χ3v) is 6.83. The molecule has 6 heteroatoms. The van der Waals surface area contributed by atoms with E-state index in [4.69, 9.17) is 9.72 Å². The summed E-state index contributed by atoms with van der Waals surface area (Å²) in [4.78, 5) is 18.1. The standard InChI is InChI=1S/C30H26BrN3O2/c1-3-20(2)29-33-28-15-14-24(31)17-27(28)30(35)34(29)32-18-21-8-6-12-25(16-21)36-19-23-11-7-10-22-9-4-5-13-26(22)23/h4-18,20H,3,19H2,1-2H3/t20-/m1/s1. The number of nitrogens with zero attached hydrogens (tertiary/aromatic N) is 3. The molecule has 5 nitrogen and oxygen atoms in total. The van der Waals surface area contributed by atoms with E-state index < -0.39 is 0 Å². The molecule has 0 saturated heterocycles. The van der Waals surface area contributed by atoms with Gasteiger partial charge in [0.1, 0.15) is 18.2 Å². The Balaban J connectivity index is 1.44. The van der Waals surface area contributed by atoms with Gasteiger partial charge in [0, 0.05) is 10.4 Å². The van der Waals surface area contributed by atoms with Gasteiger partial charge in [-0.05, 0) is 58.7 Å². The average Bonchev–Trinajstić information content (AvgIpc) is 2.91. The lowest BCUT2D eigenvalue weighted by Crippen LogP contribution is -2.23. The number of benzene rings is 4. The Morgan fingerprint density at radius 2 is 1.81 bits per heavy atom. The molecule has 0 spiro atoms. The van der Waals surface area contributed by atoms with Crippen LogP contribution in [0.5, 0.6) is 5.75 Å². The van der Waals surface area contributed by atoms with Crippen molar-refractivity contribution in [2.75, 3.05) is 0 Å². The van der Waals surface area contributed by atoms with Gasteiger partial charge >= 0.3 is 0 Å². The molecule has 0 bridgehead atoms. The minimum Gasteiger partial charge on any atom is -0.489 e. The summed E-state index contributed by atoms with van der Waals surface area (Å²) >= 11 is 3.45. The van der Waals surface area contributed by atoms with Gasteiger partial charge in [0.05, 0.1) is 17.1 Å². The van der Waals surface area contributed by atoms with Crippen molar-refractivity contribution in [3.05, 3.63) is 117 Å². The van der Waals surface area contributed by atoms with Crippen LogP contribution in [-0.2, 0) is 6.61 Å². The van der Waals surface area contributed by atoms with E-state index >= 15 is 0 Å². The van der Waals surface area contributed by atoms with Crippen LogP contribution in [0, 0.1) is 0 Å². The maximum Gasteiger partial charge on any atom is 0.282 e. The molecule has 0 aliphatic heterocycles. The number of rotatable bonds is 7. The number of hydrogen-bond donors (Lipinski definition) is 0. The van der Waals surface area contributed by atoms with Gasteiger partial charge in [-0.1, -0.05) is 84.4 Å². The molecule has 1 aromatic heterocycles. The summed E-state index contributed by atoms with van der Waals surface area (Å²) in [6.45, 7) is 4.59. The van der Waals surface area contributed by atoms with Crippen LogP contribution in [0.4, 0.5) is 0 Å². The van der Waals surface area contributed by atoms with E-state index in [1.807, 2.05) is 54.6 Å². The predicted octanol–water partition coefficient (Wildman–Crippen LogP) is 7.29. The summed E-state index contributed by atoms with van der Waals surface area (Å²) in [5.74, 6) is 1.47. The fourth-order valence-corrected chi connectivity index (χ4v) is 4.53. The van der Waals surface area contributed by atoms with Crippen molar-refractivity contribution in [2.24, 2.45) is 5.10 Å². The topological polar surface area (TPSA) is 56.5 Å². The summed E-state index contributed by atoms with van der Waals surface area (Å²) < 4.78 is 8.37. The van der Waals surface area contributed by atoms with Crippen LogP contribution in [0.25, 0.3) is 21.7 Å². The summed E-state index contributed by atoms with van der Waals surface area (Å²) in [5, 5.41) is 7.48. The molecule has 0 N–H and O–H groups in total. The quantitative estimate of drug-likeness (QED) is 0.204. The lowest BCUT2D eigenvalue weighted by molar-refractivity contribution is 0.307. The smallest absolute Gasteiger partial charge is 0.282 e. The second-order valence-electron chi connectivity index (χ2n) is 8.80. The summed E-state index contributed by atoms with van der Waals surface area (Å²) in [7, 11) is 0. The Kier molecular flexibility index (Phi) is 6.96. The second-order valence-corrected chi connectivity index (χ2v) is 9.72. The fraction of sp³-hybridized carbons (Fsp3) is 0.167. The monoisotopic (exact) mass is 539 g/mol. The minimum atomic E-state index is -0.184. The van der Waals surface area contributed by atoms with E-state index in [2.05, 4.69) is 59.1 Å². The molecule has 36 heavy (non-hydrogen) atoms. The number of halogens is 1. The van der Waals surface area contributed by atoms with Gasteiger partial charge in [-0.15, -0.1) is 0 Å². The van der Waals surface area contributed by atoms with Crippen molar-refractivity contribution in [1.29, 1.82) is 0 Å². The van der Waals surface area contributed by atoms with Crippen molar-refractivity contribution in [3.63, 3.8) is 0 Å². The molecule has 4 aromatic carbocycles. The van der Waals surface area contributed by atoms with E-state index in [0.717, 1.165) is 27.8 Å². The van der Waals surface area contributed by atoms with Crippen LogP contribution in [0.3, 0.4) is 0 Å². The molecule has 5 aromatic rings. The van der Waals surface area contributed by atoms with Gasteiger partial charge < -0.3 is 4.74 Å². The molecule has 0 unspecified atom stereocenters. The lowest BCUT2D eigenvalue weighted by atomic mass is 10.1. The zero-order valence-electron chi connectivity index (χ0n) is 20.2. The largest absolute Gasteiger partial charge is 0.489 e. The van der Waals surface area contributed by atoms with Crippen LogP contribution in [-0.4, -0.2) is 15.9 Å². The predicted molar refractivity (Wildman–Crippen MR) is 150 cm³/mol. The molecule has 0 radical (unpaired) electrons. The molecule has 5 rings (SSSR count). The van der Waals surface area contributed by atoms with Crippen molar-refractivity contribution in [1.82, 2.24) is 9.66 Å². The minimum absolute atomic E-state index is 0.0817. The van der Waals surface area contributed by atoms with E-state index in [1.54, 1.807) is 12.3 Å². The Labute approximate surface area is 218 Å². The van der Waals surface area contributed by atoms with Crippen molar-refractivity contribution < 1.29 is 4.74 Å². The fourth-order valence-electron chi connectivity index (χ4n) is 4.17. The molecular weight excluding hydrogens is 514 g/mol. The van der Waals surface area contributed by atoms with Gasteiger partial charge in [0.25, 0.3) is 5.56 Å². The Morgan fingerprint density at radius 1 is 1.00 bits per heavy atom. The van der Waals surface area contributed by atoms with Gasteiger partial charge in [-0.2, -0.15) is 9.78 Å². The molecule has 1 atom stereocenters. The van der Waals surface area contributed by atoms with E-state index in [9.17, 15) is 4.79 Å². The second kappa shape index (κ2) is 10.5. The highest BCUT2D eigenvalue weighted by Gasteiger charge is 2.15. The summed E-state index contributed by atoms with van der Waals surface area (Å²) in [5.41, 5.74) is 2.46. The zero-order valence-corrected chi connectivity index (χ0v) is 21.8. The van der Waals surface area contributed by atoms with Crippen LogP contribution in [0.2, 0.25) is 0 Å². The summed E-state index contributed by atoms with van der Waals surface area (Å²) in [6.07, 6.45) is 2.53. The molecule has 0 aliphatic rings. The first kappa shape index (κ1) is 23.9. The van der Waals surface area contributed by atoms with Crippen molar-refractivity contribution in [3.8, 4) is 5.75 Å². The molecule has 180 valence electrons. The molecule has 0 saturated carbocycles. The zero-order chi connectivity index (χ0) is 25.1. The lowest BCUT2D eigenvalue weighted by Gasteiger charge is -2.14. The third-order valence-electron chi connectivity index (χ3n) is 6.34. The highest BCUT2D eigenvalue weighted by Crippen LogP contribution is 2.22. The average molecular weight is 540 g/mol. The van der Waals surface area contributed by atoms with E-state index in [1.165, 1.54) is 15.4 Å². The van der Waals surface area contributed by atoms with Gasteiger partial charge in [0.15, 0.2) is 0 Å². The first-order chi connectivity index (χ1) is 17.5. The van der Waals surface area contributed by atoms with Gasteiger partial charge in [0.2, 0.25) is 0 Å². The highest BCUT2D eigenvalue weighted by atomic mass is 79.9. The molecular formula is C30H26BrN3O2. The highest BCUT2D eigenvalue weighted by molar-refractivity contribution is 9.10. The normalized spacial score (nSPS) is 12.4. The van der Waals surface area contributed by atoms with E-state index in [-0.39, 0.29) is 11.5 Å². The van der Waals surface area contributed by atoms with Gasteiger partial charge in [-0.3, -0.25) is 4.79 Å². The Morgan fingerprint density at radius 3 is 2.67 bits per heavy atom. The third kappa shape index (κ3) is 4.95. The van der Waals surface area contributed by atoms with Crippen LogP contribution < -0.4 is 10.3 Å². The molecule has 1 heterocycles. The number of aromatic nitrogens is 2. The molecule has 0 fully saturated rings. The molecule has 0 aliphatic carbocycles. The van der Waals surface area contributed by atoms with E-state index in [0.29, 0.717) is 23.3 Å². The first-order valence-electron chi connectivity index (χ1n) is 12.0. The number of ether oxygens (including phenoxy) is 1. The SMILES string of the molecule is CC[C@@H](C)c1nc2ccc(Br)cc2c(=O)n1N=Cc1cccc(OCc2cccc3ccccc23)c1. The first-order valence-corrected chi connectivity index (χ1v) is 12.8. The molecule has 0 amide bonds. The summed E-state index contributed by atoms with van der Waals surface area (Å²) in [6, 6.07) is 27.8. The Hall–Kier alpha value is -3.77. The maximum atomic E-state index is 13.3. The van der Waals surface area contributed by atoms with Gasteiger partial charge in [-0.25, -0.2) is 4.98 Å². The number of hydrogen-bond acceptors (Lipinski definition) is 4.